The van der Waals surface area contributed by atoms with Crippen LogP contribution in [0.5, 0.6) is 0 Å². The predicted octanol–water partition coefficient (Wildman–Crippen LogP) is 3.14. The van der Waals surface area contributed by atoms with Crippen molar-refractivity contribution in [2.24, 2.45) is 0 Å². The van der Waals surface area contributed by atoms with Gasteiger partial charge in [-0.3, -0.25) is 0 Å². The van der Waals surface area contributed by atoms with Gasteiger partial charge in [-0.25, -0.2) is 0 Å². The zero-order chi connectivity index (χ0) is 12.2. The van der Waals surface area contributed by atoms with Crippen molar-refractivity contribution in [1.29, 1.82) is 0 Å². The van der Waals surface area contributed by atoms with E-state index in [1.54, 1.807) is 0 Å². The average Bonchev–Trinajstić information content (AvgIpc) is 2.88. The van der Waals surface area contributed by atoms with Crippen LogP contribution >= 0.6 is 7.92 Å². The standard InChI is InChI=1S/C14H20O2P/c1-9-12-13(16-14(3,4)15-12)10(2)17(9)11-7-5-6-8-11/h5-10,12-13H,1-4H3/t9-,10+,12-,13-,17?/m1/s1. The van der Waals surface area contributed by atoms with Gasteiger partial charge in [0.2, 0.25) is 0 Å². The summed E-state index contributed by atoms with van der Waals surface area (Å²) in [6.07, 6.45) is 9.34. The summed E-state index contributed by atoms with van der Waals surface area (Å²) in [4.78, 5) is 0. The molecule has 0 bridgehead atoms. The van der Waals surface area contributed by atoms with Crippen molar-refractivity contribution >= 4 is 7.92 Å². The SMILES string of the molecule is C[C@@H]1[C@H]2OC(C)(C)O[C@@H]2[C@H](C)P1[C]1[CH][CH][CH][CH]1. The molecule has 5 atom stereocenters. The number of hydrogen-bond acceptors (Lipinski definition) is 2. The zero-order valence-corrected chi connectivity index (χ0v) is 11.8. The van der Waals surface area contributed by atoms with E-state index < -0.39 is 5.79 Å². The quantitative estimate of drug-likeness (QED) is 0.666. The zero-order valence-electron chi connectivity index (χ0n) is 10.9. The molecule has 2 aliphatic heterocycles. The first-order valence-corrected chi connectivity index (χ1v) is 7.83. The van der Waals surface area contributed by atoms with E-state index in [-0.39, 0.29) is 20.1 Å². The van der Waals surface area contributed by atoms with Crippen molar-refractivity contribution in [3.8, 4) is 0 Å². The topological polar surface area (TPSA) is 18.5 Å². The number of hydrogen-bond donors (Lipinski definition) is 0. The highest BCUT2D eigenvalue weighted by atomic mass is 31.1. The molecule has 0 spiro atoms. The van der Waals surface area contributed by atoms with Crippen molar-refractivity contribution < 1.29 is 9.47 Å². The van der Waals surface area contributed by atoms with Gasteiger partial charge in [0.25, 0.3) is 0 Å². The molecule has 1 unspecified atom stereocenters. The Morgan fingerprint density at radius 2 is 1.47 bits per heavy atom. The maximum absolute atomic E-state index is 6.08. The van der Waals surface area contributed by atoms with E-state index in [4.69, 9.17) is 9.47 Å². The third-order valence-corrected chi connectivity index (χ3v) is 7.17. The van der Waals surface area contributed by atoms with Crippen molar-refractivity contribution in [1.82, 2.24) is 0 Å². The first-order valence-electron chi connectivity index (χ1n) is 6.35. The molecule has 3 heteroatoms. The molecular formula is C14H20O2P. The van der Waals surface area contributed by atoms with E-state index in [1.165, 1.54) is 5.66 Å². The molecule has 3 rings (SSSR count). The van der Waals surface area contributed by atoms with Crippen LogP contribution in [-0.2, 0) is 9.47 Å². The van der Waals surface area contributed by atoms with E-state index in [0.717, 1.165) is 0 Å². The van der Waals surface area contributed by atoms with Gasteiger partial charge in [-0.05, 0) is 39.5 Å². The molecule has 2 nitrogen and oxygen atoms in total. The van der Waals surface area contributed by atoms with Crippen LogP contribution in [0, 0.1) is 31.3 Å². The summed E-state index contributed by atoms with van der Waals surface area (Å²) in [7, 11) is -0.150. The van der Waals surface area contributed by atoms with Crippen molar-refractivity contribution in [2.75, 3.05) is 0 Å². The summed E-state index contributed by atoms with van der Waals surface area (Å²) in [5, 5.41) is 0. The fourth-order valence-corrected chi connectivity index (χ4v) is 6.55. The Kier molecular flexibility index (Phi) is 3.05. The number of ether oxygens (including phenoxy) is 2. The molecule has 0 aromatic heterocycles. The summed E-state index contributed by atoms with van der Waals surface area (Å²) in [6.45, 7) is 8.69. The average molecular weight is 251 g/mol. The summed E-state index contributed by atoms with van der Waals surface area (Å²) in [5.41, 5.74) is 2.68. The van der Waals surface area contributed by atoms with Gasteiger partial charge in [-0.2, -0.15) is 0 Å². The molecule has 2 heterocycles. The second-order valence-corrected chi connectivity index (χ2v) is 8.56. The highest BCUT2D eigenvalue weighted by Gasteiger charge is 2.57. The molecule has 1 saturated carbocycles. The minimum Gasteiger partial charge on any atom is -0.344 e. The maximum atomic E-state index is 6.08. The lowest BCUT2D eigenvalue weighted by Crippen LogP contribution is -2.27. The molecule has 0 aromatic rings. The normalized spacial score (nSPS) is 49.8. The third kappa shape index (κ3) is 1.97. The van der Waals surface area contributed by atoms with E-state index in [9.17, 15) is 0 Å². The van der Waals surface area contributed by atoms with Gasteiger partial charge in [0, 0.05) is 17.0 Å². The van der Waals surface area contributed by atoms with Crippen LogP contribution in [-0.4, -0.2) is 29.3 Å². The smallest absolute Gasteiger partial charge is 0.163 e. The van der Waals surface area contributed by atoms with Crippen molar-refractivity contribution in [2.45, 2.75) is 57.0 Å². The highest BCUT2D eigenvalue weighted by molar-refractivity contribution is 7.63. The summed E-state index contributed by atoms with van der Waals surface area (Å²) >= 11 is 0. The van der Waals surface area contributed by atoms with Crippen LogP contribution in [0.1, 0.15) is 27.7 Å². The van der Waals surface area contributed by atoms with Gasteiger partial charge in [-0.15, -0.1) is 0 Å². The fourth-order valence-electron chi connectivity index (χ4n) is 3.26. The molecule has 3 aliphatic rings. The second kappa shape index (κ2) is 4.18. The molecule has 1 aliphatic carbocycles. The molecule has 2 saturated heterocycles. The number of rotatable bonds is 1. The van der Waals surface area contributed by atoms with Crippen molar-refractivity contribution in [3.05, 3.63) is 31.3 Å². The molecule has 0 N–H and O–H groups in total. The maximum Gasteiger partial charge on any atom is 0.163 e. The van der Waals surface area contributed by atoms with Gasteiger partial charge in [0.1, 0.15) is 0 Å². The van der Waals surface area contributed by atoms with Crippen LogP contribution in [0.2, 0.25) is 0 Å². The molecule has 0 aromatic carbocycles. The highest BCUT2D eigenvalue weighted by Crippen LogP contribution is 2.68. The van der Waals surface area contributed by atoms with E-state index in [0.29, 0.717) is 11.3 Å². The van der Waals surface area contributed by atoms with Gasteiger partial charge in [0.05, 0.1) is 12.2 Å². The third-order valence-electron chi connectivity index (χ3n) is 3.94. The van der Waals surface area contributed by atoms with Gasteiger partial charge in [0.15, 0.2) is 5.79 Å². The minimum atomic E-state index is -0.398. The monoisotopic (exact) mass is 251 g/mol. The first kappa shape index (κ1) is 12.4. The van der Waals surface area contributed by atoms with Crippen LogP contribution in [0.3, 0.4) is 0 Å². The molecule has 93 valence electrons. The largest absolute Gasteiger partial charge is 0.344 e. The minimum absolute atomic E-state index is 0.150. The lowest BCUT2D eigenvalue weighted by atomic mass is 10.1. The predicted molar refractivity (Wildman–Crippen MR) is 70.1 cm³/mol. The fraction of sp³-hybridized carbons (Fsp3) is 0.643. The lowest BCUT2D eigenvalue weighted by molar-refractivity contribution is -0.147. The van der Waals surface area contributed by atoms with E-state index in [2.05, 4.69) is 39.5 Å². The van der Waals surface area contributed by atoms with Crippen LogP contribution in [0.25, 0.3) is 0 Å². The second-order valence-electron chi connectivity index (χ2n) is 5.60. The lowest BCUT2D eigenvalue weighted by Gasteiger charge is -2.31. The molecule has 0 amide bonds. The summed E-state index contributed by atoms with van der Waals surface area (Å²) in [5.74, 6) is -0.398. The van der Waals surface area contributed by atoms with Crippen LogP contribution in [0.4, 0.5) is 0 Å². The molecule has 5 radical (unpaired) electrons. The Labute approximate surface area is 106 Å². The van der Waals surface area contributed by atoms with Crippen molar-refractivity contribution in [3.63, 3.8) is 0 Å². The Balaban J connectivity index is 1.78. The van der Waals surface area contributed by atoms with Crippen LogP contribution in [0.15, 0.2) is 0 Å². The van der Waals surface area contributed by atoms with Gasteiger partial charge >= 0.3 is 0 Å². The van der Waals surface area contributed by atoms with E-state index in [1.807, 2.05) is 13.8 Å². The Hall–Kier alpha value is 0.350. The van der Waals surface area contributed by atoms with Gasteiger partial charge < -0.3 is 9.47 Å². The Morgan fingerprint density at radius 1 is 1.00 bits per heavy atom. The first-order chi connectivity index (χ1) is 7.99. The summed E-state index contributed by atoms with van der Waals surface area (Å²) in [6, 6.07) is 0. The molecule has 3 fully saturated rings. The number of fused-ring (bicyclic) bond motifs is 1. The van der Waals surface area contributed by atoms with Crippen LogP contribution < -0.4 is 0 Å². The Morgan fingerprint density at radius 3 is 1.94 bits per heavy atom. The van der Waals surface area contributed by atoms with Gasteiger partial charge in [-0.1, -0.05) is 21.8 Å². The molecule has 17 heavy (non-hydrogen) atoms. The Bertz CT molecular complexity index is 279. The molecular weight excluding hydrogens is 231 g/mol. The van der Waals surface area contributed by atoms with E-state index >= 15 is 0 Å². The summed E-state index contributed by atoms with van der Waals surface area (Å²) < 4.78 is 12.2.